The summed E-state index contributed by atoms with van der Waals surface area (Å²) in [6.07, 6.45) is 3.42. The van der Waals surface area contributed by atoms with Gasteiger partial charge in [-0.3, -0.25) is 0 Å². The van der Waals surface area contributed by atoms with Gasteiger partial charge in [-0.05, 0) is 45.9 Å². The van der Waals surface area contributed by atoms with Crippen molar-refractivity contribution < 1.29 is 4.52 Å². The highest BCUT2D eigenvalue weighted by Crippen LogP contribution is 2.27. The van der Waals surface area contributed by atoms with E-state index in [4.69, 9.17) is 4.52 Å². The second-order valence-corrected chi connectivity index (χ2v) is 5.26. The SMILES string of the molecule is CN1CCC(c2noc(C3CCNC3)n2)CC1. The number of aromatic nitrogens is 2. The minimum absolute atomic E-state index is 0.433. The van der Waals surface area contributed by atoms with Crippen molar-refractivity contribution in [3.63, 3.8) is 0 Å². The number of nitrogens with zero attached hydrogens (tertiary/aromatic N) is 3. The van der Waals surface area contributed by atoms with Crippen molar-refractivity contribution in [2.75, 3.05) is 33.2 Å². The van der Waals surface area contributed by atoms with Crippen LogP contribution >= 0.6 is 0 Å². The van der Waals surface area contributed by atoms with E-state index >= 15 is 0 Å². The Hall–Kier alpha value is -0.940. The summed E-state index contributed by atoms with van der Waals surface area (Å²) in [5.41, 5.74) is 0. The van der Waals surface area contributed by atoms with E-state index in [-0.39, 0.29) is 0 Å². The van der Waals surface area contributed by atoms with Crippen LogP contribution in [0.25, 0.3) is 0 Å². The maximum atomic E-state index is 5.41. The molecule has 3 heterocycles. The van der Waals surface area contributed by atoms with Crippen molar-refractivity contribution in [1.29, 1.82) is 0 Å². The average molecular weight is 236 g/mol. The molecule has 5 nitrogen and oxygen atoms in total. The minimum atomic E-state index is 0.433. The van der Waals surface area contributed by atoms with Gasteiger partial charge in [0.1, 0.15) is 0 Å². The number of hydrogen-bond acceptors (Lipinski definition) is 5. The summed E-state index contributed by atoms with van der Waals surface area (Å²) in [5, 5.41) is 7.51. The fraction of sp³-hybridized carbons (Fsp3) is 0.833. The van der Waals surface area contributed by atoms with E-state index in [0.29, 0.717) is 11.8 Å². The topological polar surface area (TPSA) is 54.2 Å². The Labute approximate surface area is 102 Å². The van der Waals surface area contributed by atoms with E-state index in [2.05, 4.69) is 27.4 Å². The largest absolute Gasteiger partial charge is 0.339 e. The minimum Gasteiger partial charge on any atom is -0.339 e. The van der Waals surface area contributed by atoms with Gasteiger partial charge in [-0.2, -0.15) is 4.98 Å². The second-order valence-electron chi connectivity index (χ2n) is 5.26. The highest BCUT2D eigenvalue weighted by atomic mass is 16.5. The maximum Gasteiger partial charge on any atom is 0.231 e. The van der Waals surface area contributed by atoms with Gasteiger partial charge in [-0.15, -0.1) is 0 Å². The molecule has 0 aromatic carbocycles. The van der Waals surface area contributed by atoms with Gasteiger partial charge in [0.2, 0.25) is 5.89 Å². The number of likely N-dealkylation sites (tertiary alicyclic amines) is 1. The third kappa shape index (κ3) is 2.35. The predicted octanol–water partition coefficient (Wildman–Crippen LogP) is 0.956. The Morgan fingerprint density at radius 1 is 1.24 bits per heavy atom. The van der Waals surface area contributed by atoms with Crippen LogP contribution in [-0.4, -0.2) is 48.3 Å². The van der Waals surface area contributed by atoms with E-state index in [0.717, 1.165) is 57.2 Å². The zero-order chi connectivity index (χ0) is 11.7. The van der Waals surface area contributed by atoms with Crippen molar-refractivity contribution >= 4 is 0 Å². The lowest BCUT2D eigenvalue weighted by Gasteiger charge is -2.26. The summed E-state index contributed by atoms with van der Waals surface area (Å²) < 4.78 is 5.41. The smallest absolute Gasteiger partial charge is 0.231 e. The lowest BCUT2D eigenvalue weighted by Crippen LogP contribution is -2.29. The van der Waals surface area contributed by atoms with E-state index in [1.54, 1.807) is 0 Å². The number of rotatable bonds is 2. The van der Waals surface area contributed by atoms with Gasteiger partial charge in [0, 0.05) is 12.5 Å². The van der Waals surface area contributed by atoms with Crippen molar-refractivity contribution in [3.05, 3.63) is 11.7 Å². The zero-order valence-electron chi connectivity index (χ0n) is 10.4. The maximum absolute atomic E-state index is 5.41. The Bertz CT molecular complexity index is 364. The summed E-state index contributed by atoms with van der Waals surface area (Å²) in [4.78, 5) is 6.96. The number of hydrogen-bond donors (Lipinski definition) is 1. The predicted molar refractivity (Wildman–Crippen MR) is 64.0 cm³/mol. The molecule has 2 aliphatic heterocycles. The van der Waals surface area contributed by atoms with Crippen molar-refractivity contribution in [2.24, 2.45) is 0 Å². The Balaban J connectivity index is 1.67. The molecule has 1 unspecified atom stereocenters. The van der Waals surface area contributed by atoms with Crippen LogP contribution in [0.3, 0.4) is 0 Å². The molecule has 0 radical (unpaired) electrons. The average Bonchev–Trinajstić information content (AvgIpc) is 3.00. The molecule has 1 N–H and O–H groups in total. The summed E-state index contributed by atoms with van der Waals surface area (Å²) in [7, 11) is 2.17. The monoisotopic (exact) mass is 236 g/mol. The lowest BCUT2D eigenvalue weighted by molar-refractivity contribution is 0.247. The van der Waals surface area contributed by atoms with E-state index in [1.807, 2.05) is 0 Å². The van der Waals surface area contributed by atoms with Crippen LogP contribution in [0.4, 0.5) is 0 Å². The van der Waals surface area contributed by atoms with Gasteiger partial charge in [0.05, 0.1) is 5.92 Å². The summed E-state index contributed by atoms with van der Waals surface area (Å²) in [6, 6.07) is 0. The number of piperidine rings is 1. The van der Waals surface area contributed by atoms with Crippen LogP contribution in [0.5, 0.6) is 0 Å². The fourth-order valence-electron chi connectivity index (χ4n) is 2.71. The molecule has 1 aromatic rings. The first-order chi connectivity index (χ1) is 8.33. The molecule has 5 heteroatoms. The highest BCUT2D eigenvalue weighted by Gasteiger charge is 2.26. The molecule has 2 aliphatic rings. The normalized spacial score (nSPS) is 27.7. The van der Waals surface area contributed by atoms with Crippen LogP contribution in [0, 0.1) is 0 Å². The molecule has 0 aliphatic carbocycles. The fourth-order valence-corrected chi connectivity index (χ4v) is 2.71. The Morgan fingerprint density at radius 3 is 2.76 bits per heavy atom. The van der Waals surface area contributed by atoms with Crippen molar-refractivity contribution in [3.8, 4) is 0 Å². The first-order valence-corrected chi connectivity index (χ1v) is 6.55. The third-order valence-electron chi connectivity index (χ3n) is 3.95. The first-order valence-electron chi connectivity index (χ1n) is 6.55. The molecule has 3 rings (SSSR count). The van der Waals surface area contributed by atoms with Gasteiger partial charge in [0.15, 0.2) is 5.82 Å². The molecule has 17 heavy (non-hydrogen) atoms. The molecule has 1 aromatic heterocycles. The molecule has 2 saturated heterocycles. The van der Waals surface area contributed by atoms with Gasteiger partial charge in [-0.25, -0.2) is 0 Å². The lowest BCUT2D eigenvalue weighted by atomic mass is 9.96. The summed E-state index contributed by atoms with van der Waals surface area (Å²) in [5.74, 6) is 2.70. The van der Waals surface area contributed by atoms with Crippen LogP contribution in [0.1, 0.15) is 42.8 Å². The van der Waals surface area contributed by atoms with E-state index in [9.17, 15) is 0 Å². The van der Waals surface area contributed by atoms with E-state index < -0.39 is 0 Å². The Kier molecular flexibility index (Phi) is 3.11. The highest BCUT2D eigenvalue weighted by molar-refractivity contribution is 5.02. The molecule has 0 saturated carbocycles. The molecular weight excluding hydrogens is 216 g/mol. The zero-order valence-corrected chi connectivity index (χ0v) is 10.4. The molecule has 0 bridgehead atoms. The van der Waals surface area contributed by atoms with Gasteiger partial charge >= 0.3 is 0 Å². The molecule has 1 atom stereocenters. The quantitative estimate of drug-likeness (QED) is 0.828. The van der Waals surface area contributed by atoms with Crippen LogP contribution in [0.15, 0.2) is 4.52 Å². The molecule has 2 fully saturated rings. The second kappa shape index (κ2) is 4.74. The van der Waals surface area contributed by atoms with Crippen LogP contribution in [0.2, 0.25) is 0 Å². The van der Waals surface area contributed by atoms with Crippen molar-refractivity contribution in [1.82, 2.24) is 20.4 Å². The summed E-state index contributed by atoms with van der Waals surface area (Å²) >= 11 is 0. The van der Waals surface area contributed by atoms with Gasteiger partial charge in [0.25, 0.3) is 0 Å². The van der Waals surface area contributed by atoms with Gasteiger partial charge < -0.3 is 14.7 Å². The van der Waals surface area contributed by atoms with Gasteiger partial charge in [-0.1, -0.05) is 5.16 Å². The molecule has 0 spiro atoms. The van der Waals surface area contributed by atoms with Crippen LogP contribution in [-0.2, 0) is 0 Å². The van der Waals surface area contributed by atoms with Crippen LogP contribution < -0.4 is 5.32 Å². The number of nitrogens with one attached hydrogen (secondary N) is 1. The molecule has 0 amide bonds. The molecular formula is C12H20N4O. The summed E-state index contributed by atoms with van der Waals surface area (Å²) in [6.45, 7) is 4.32. The molecule has 94 valence electrons. The van der Waals surface area contributed by atoms with Crippen molar-refractivity contribution in [2.45, 2.75) is 31.1 Å². The third-order valence-corrected chi connectivity index (χ3v) is 3.95. The van der Waals surface area contributed by atoms with E-state index in [1.165, 1.54) is 0 Å². The first kappa shape index (κ1) is 11.2. The Morgan fingerprint density at radius 2 is 2.06 bits per heavy atom. The standard InChI is InChI=1S/C12H20N4O/c1-16-6-3-9(4-7-16)11-14-12(17-15-11)10-2-5-13-8-10/h9-10,13H,2-8H2,1H3.